The van der Waals surface area contributed by atoms with E-state index in [1.807, 2.05) is 0 Å². The molecule has 17 heteroatoms. The van der Waals surface area contributed by atoms with E-state index in [1.165, 1.54) is 15.4 Å². The summed E-state index contributed by atoms with van der Waals surface area (Å²) in [7, 11) is 0. The highest BCUT2D eigenvalue weighted by atomic mass is 19.4. The Morgan fingerprint density at radius 2 is 1.41 bits per heavy atom. The van der Waals surface area contributed by atoms with Gasteiger partial charge in [-0.2, -0.15) is 60.6 Å². The number of alkyl halides is 6. The first kappa shape index (κ1) is 23.1. The number of aromatic nitrogens is 10. The summed E-state index contributed by atoms with van der Waals surface area (Å²) in [5.41, 5.74) is -1.66. The van der Waals surface area contributed by atoms with Crippen LogP contribution in [-0.2, 0) is 12.4 Å². The molecule has 0 amide bonds. The third-order valence-electron chi connectivity index (χ3n) is 6.06. The fraction of sp³-hybridized carbons (Fsp3) is 0.350. The average Bonchev–Trinajstić information content (AvgIpc) is 3.62. The number of fused-ring (bicyclic) bond motifs is 2. The number of hydrogen-bond acceptors (Lipinski definition) is 8. The highest BCUT2D eigenvalue weighted by Gasteiger charge is 2.36. The summed E-state index contributed by atoms with van der Waals surface area (Å²) in [4.78, 5) is 16.4. The van der Waals surface area contributed by atoms with E-state index in [0.717, 1.165) is 29.3 Å². The molecular formula is C20H15F6N11. The Labute approximate surface area is 202 Å². The molecule has 11 nitrogen and oxygen atoms in total. The van der Waals surface area contributed by atoms with Gasteiger partial charge in [0.2, 0.25) is 0 Å². The summed E-state index contributed by atoms with van der Waals surface area (Å²) >= 11 is 0. The number of halogens is 6. The van der Waals surface area contributed by atoms with Gasteiger partial charge in [-0.1, -0.05) is 0 Å². The van der Waals surface area contributed by atoms with E-state index in [9.17, 15) is 26.3 Å². The van der Waals surface area contributed by atoms with Gasteiger partial charge in [-0.25, -0.2) is 14.6 Å². The van der Waals surface area contributed by atoms with Gasteiger partial charge in [0.1, 0.15) is 18.5 Å². The van der Waals surface area contributed by atoms with E-state index in [0.29, 0.717) is 31.6 Å². The Balaban J connectivity index is 1.33. The van der Waals surface area contributed by atoms with E-state index >= 15 is 0 Å². The van der Waals surface area contributed by atoms with Crippen molar-refractivity contribution in [3.8, 4) is 5.82 Å². The molecule has 5 aromatic rings. The van der Waals surface area contributed by atoms with Gasteiger partial charge >= 0.3 is 12.4 Å². The first-order valence-corrected chi connectivity index (χ1v) is 10.9. The summed E-state index contributed by atoms with van der Waals surface area (Å²) in [6, 6.07) is 3.41. The zero-order chi connectivity index (χ0) is 25.9. The molecule has 1 atom stereocenters. The highest BCUT2D eigenvalue weighted by Crippen LogP contribution is 2.34. The Morgan fingerprint density at radius 1 is 0.811 bits per heavy atom. The molecule has 0 spiro atoms. The smallest absolute Gasteiger partial charge is 0.356 e. The monoisotopic (exact) mass is 523 g/mol. The van der Waals surface area contributed by atoms with Crippen LogP contribution in [0.4, 0.5) is 32.2 Å². The Kier molecular flexibility index (Phi) is 5.06. The van der Waals surface area contributed by atoms with Crippen LogP contribution in [0.5, 0.6) is 0 Å². The minimum atomic E-state index is -4.70. The van der Waals surface area contributed by atoms with Crippen LogP contribution >= 0.6 is 0 Å². The number of nitrogens with zero attached hydrogens (tertiary/aromatic N) is 11. The van der Waals surface area contributed by atoms with Crippen LogP contribution in [0.15, 0.2) is 37.1 Å². The fourth-order valence-electron chi connectivity index (χ4n) is 4.38. The first-order chi connectivity index (χ1) is 17.6. The van der Waals surface area contributed by atoms with E-state index in [1.54, 1.807) is 11.0 Å². The third kappa shape index (κ3) is 4.09. The zero-order valence-corrected chi connectivity index (χ0v) is 18.6. The number of rotatable bonds is 3. The molecule has 0 aromatic carbocycles. The van der Waals surface area contributed by atoms with Crippen LogP contribution in [0, 0.1) is 0 Å². The molecule has 5 aromatic heterocycles. The van der Waals surface area contributed by atoms with Gasteiger partial charge < -0.3 is 4.90 Å². The van der Waals surface area contributed by atoms with Gasteiger partial charge in [-0.3, -0.25) is 0 Å². The van der Waals surface area contributed by atoms with Crippen LogP contribution in [0.2, 0.25) is 0 Å². The van der Waals surface area contributed by atoms with Gasteiger partial charge in [0, 0.05) is 37.3 Å². The van der Waals surface area contributed by atoms with Crippen molar-refractivity contribution in [3.63, 3.8) is 0 Å². The predicted molar refractivity (Wildman–Crippen MR) is 113 cm³/mol. The second-order valence-electron chi connectivity index (χ2n) is 8.41. The predicted octanol–water partition coefficient (Wildman–Crippen LogP) is 3.17. The van der Waals surface area contributed by atoms with Crippen molar-refractivity contribution >= 4 is 17.4 Å². The van der Waals surface area contributed by atoms with E-state index in [4.69, 9.17) is 0 Å². The maximum absolute atomic E-state index is 13.4. The normalized spacial score (nSPS) is 17.2. The van der Waals surface area contributed by atoms with Crippen molar-refractivity contribution in [3.05, 3.63) is 54.1 Å². The SMILES string of the molecule is FC(F)(F)c1cc(N2CCC[C@@H](c3ccn(-c4cc(C(F)(F)F)nc5ncnn45)n3)C2)n2ncnc2n1. The largest absolute Gasteiger partial charge is 0.433 e. The Bertz CT molecular complexity index is 1600. The highest BCUT2D eigenvalue weighted by molar-refractivity contribution is 5.49. The topological polar surface area (TPSA) is 107 Å². The molecule has 6 rings (SSSR count). The lowest BCUT2D eigenvalue weighted by Gasteiger charge is -2.33. The second kappa shape index (κ2) is 8.10. The molecule has 192 valence electrons. The molecule has 37 heavy (non-hydrogen) atoms. The van der Waals surface area contributed by atoms with Crippen LogP contribution in [0.1, 0.15) is 35.8 Å². The van der Waals surface area contributed by atoms with Crippen molar-refractivity contribution in [1.29, 1.82) is 0 Å². The summed E-state index contributed by atoms with van der Waals surface area (Å²) in [5.74, 6) is -0.451. The van der Waals surface area contributed by atoms with Crippen molar-refractivity contribution < 1.29 is 26.3 Å². The van der Waals surface area contributed by atoms with Crippen molar-refractivity contribution in [2.75, 3.05) is 18.0 Å². The molecule has 0 unspecified atom stereocenters. The number of piperidine rings is 1. The number of anilines is 1. The molecule has 0 bridgehead atoms. The minimum absolute atomic E-state index is 0.0120. The maximum Gasteiger partial charge on any atom is 0.433 e. The van der Waals surface area contributed by atoms with Crippen LogP contribution < -0.4 is 4.90 Å². The Hall–Kier alpha value is -4.31. The molecule has 1 aliphatic heterocycles. The molecule has 1 aliphatic rings. The summed E-state index contributed by atoms with van der Waals surface area (Å²) in [6.45, 7) is 0.766. The van der Waals surface area contributed by atoms with Crippen molar-refractivity contribution in [1.82, 2.24) is 48.9 Å². The zero-order valence-electron chi connectivity index (χ0n) is 18.6. The fourth-order valence-corrected chi connectivity index (χ4v) is 4.38. The van der Waals surface area contributed by atoms with Crippen molar-refractivity contribution in [2.24, 2.45) is 0 Å². The van der Waals surface area contributed by atoms with Gasteiger partial charge in [0.05, 0.1) is 5.69 Å². The van der Waals surface area contributed by atoms with Gasteiger partial charge in [-0.05, 0) is 18.9 Å². The molecule has 1 saturated heterocycles. The van der Waals surface area contributed by atoms with Crippen LogP contribution in [0.25, 0.3) is 17.4 Å². The second-order valence-corrected chi connectivity index (χ2v) is 8.41. The van der Waals surface area contributed by atoms with Gasteiger partial charge in [0.15, 0.2) is 17.2 Å². The molecule has 1 fully saturated rings. The molecule has 6 heterocycles. The molecule has 0 saturated carbocycles. The first-order valence-electron chi connectivity index (χ1n) is 10.9. The average molecular weight is 523 g/mol. The summed E-state index contributed by atoms with van der Waals surface area (Å²) < 4.78 is 84.0. The van der Waals surface area contributed by atoms with E-state index in [-0.39, 0.29) is 29.1 Å². The molecule has 0 N–H and O–H groups in total. The Morgan fingerprint density at radius 3 is 2.03 bits per heavy atom. The quantitative estimate of drug-likeness (QED) is 0.332. The van der Waals surface area contributed by atoms with Gasteiger partial charge in [0.25, 0.3) is 11.6 Å². The minimum Gasteiger partial charge on any atom is -0.356 e. The van der Waals surface area contributed by atoms with Crippen molar-refractivity contribution in [2.45, 2.75) is 31.1 Å². The summed E-state index contributed by atoms with van der Waals surface area (Å²) in [5, 5.41) is 12.4. The van der Waals surface area contributed by atoms with E-state index in [2.05, 4.69) is 35.2 Å². The van der Waals surface area contributed by atoms with E-state index < -0.39 is 23.7 Å². The lowest BCUT2D eigenvalue weighted by molar-refractivity contribution is -0.141. The van der Waals surface area contributed by atoms with Crippen LogP contribution in [-0.4, -0.2) is 62.0 Å². The molecule has 0 aliphatic carbocycles. The lowest BCUT2D eigenvalue weighted by Crippen LogP contribution is -2.36. The maximum atomic E-state index is 13.4. The standard InChI is InChI=1S/C20H15F6N11/c21-19(22,23)13-6-15(36-17(31-13)27-9-29-36)34-4-1-2-11(8-34)12-3-5-35(33-12)16-7-14(20(24,25)26)32-18-28-10-30-37(16)18/h3,5-7,9-11H,1-2,4,8H2/t11-/m1/s1. The van der Waals surface area contributed by atoms with Crippen LogP contribution in [0.3, 0.4) is 0 Å². The number of hydrogen-bond donors (Lipinski definition) is 0. The molecule has 0 radical (unpaired) electrons. The van der Waals surface area contributed by atoms with Gasteiger partial charge in [-0.15, -0.1) is 0 Å². The summed E-state index contributed by atoms with van der Waals surface area (Å²) in [6.07, 6.45) is -4.34. The lowest BCUT2D eigenvalue weighted by atomic mass is 9.95. The third-order valence-corrected chi connectivity index (χ3v) is 6.06. The molecular weight excluding hydrogens is 508 g/mol.